The normalized spacial score (nSPS) is 12.4. The van der Waals surface area contributed by atoms with Crippen LogP contribution in [0.4, 0.5) is 5.69 Å². The topological polar surface area (TPSA) is 47.1 Å². The molecule has 0 saturated heterocycles. The minimum Gasteiger partial charge on any atom is -0.377 e. The van der Waals surface area contributed by atoms with E-state index in [0.29, 0.717) is 0 Å². The number of imidazole rings is 1. The Morgan fingerprint density at radius 2 is 1.88 bits per heavy atom. The molecular formula is C20H21N5. The van der Waals surface area contributed by atoms with Crippen LogP contribution in [-0.4, -0.2) is 19.2 Å². The highest BCUT2D eigenvalue weighted by atomic mass is 15.3. The van der Waals surface area contributed by atoms with Gasteiger partial charge < -0.3 is 9.72 Å². The van der Waals surface area contributed by atoms with Gasteiger partial charge in [-0.15, -0.1) is 0 Å². The Morgan fingerprint density at radius 3 is 2.56 bits per heavy atom. The molecule has 1 unspecified atom stereocenters. The van der Waals surface area contributed by atoms with Gasteiger partial charge in [-0.1, -0.05) is 18.2 Å². The third kappa shape index (κ3) is 3.01. The maximum atomic E-state index is 4.66. The zero-order valence-corrected chi connectivity index (χ0v) is 14.6. The quantitative estimate of drug-likeness (QED) is 0.609. The maximum Gasteiger partial charge on any atom is 0.137 e. The number of fused-ring (bicyclic) bond motifs is 1. The van der Waals surface area contributed by atoms with Gasteiger partial charge in [0, 0.05) is 36.4 Å². The van der Waals surface area contributed by atoms with E-state index in [2.05, 4.69) is 65.8 Å². The summed E-state index contributed by atoms with van der Waals surface area (Å²) < 4.78 is 3.94. The number of pyridine rings is 1. The van der Waals surface area contributed by atoms with Crippen molar-refractivity contribution in [1.82, 2.24) is 19.2 Å². The van der Waals surface area contributed by atoms with Gasteiger partial charge in [0.05, 0.1) is 17.4 Å². The number of nitrogens with zero attached hydrogens (tertiary/aromatic N) is 4. The molecule has 3 aromatic heterocycles. The van der Waals surface area contributed by atoms with Crippen molar-refractivity contribution in [2.24, 2.45) is 7.05 Å². The van der Waals surface area contributed by atoms with Crippen LogP contribution in [0, 0.1) is 6.92 Å². The van der Waals surface area contributed by atoms with E-state index in [9.17, 15) is 0 Å². The van der Waals surface area contributed by atoms with Gasteiger partial charge in [-0.05, 0) is 44.2 Å². The Kier molecular flexibility index (Phi) is 3.76. The third-order valence-electron chi connectivity index (χ3n) is 4.50. The predicted molar refractivity (Wildman–Crippen MR) is 101 cm³/mol. The molecule has 3 heterocycles. The van der Waals surface area contributed by atoms with Crippen molar-refractivity contribution in [2.45, 2.75) is 19.9 Å². The van der Waals surface area contributed by atoms with Gasteiger partial charge in [0.25, 0.3) is 0 Å². The molecule has 0 amide bonds. The summed E-state index contributed by atoms with van der Waals surface area (Å²) in [6, 6.07) is 16.7. The Labute approximate surface area is 147 Å². The summed E-state index contributed by atoms with van der Waals surface area (Å²) in [6.07, 6.45) is 4.06. The molecule has 5 heteroatoms. The van der Waals surface area contributed by atoms with E-state index in [1.54, 1.807) is 0 Å². The standard InChI is InChI=1S/C20H21N5/c1-14-12-18(23-24(14)3)15(2)21-17-9-7-16(8-10-17)19-13-25-11-5-4-6-20(25)22-19/h4-13,15,21H,1-3H3. The minimum absolute atomic E-state index is 0.154. The van der Waals surface area contributed by atoms with Crippen LogP contribution in [0.2, 0.25) is 0 Å². The fraction of sp³-hybridized carbons (Fsp3) is 0.200. The Balaban J connectivity index is 1.53. The van der Waals surface area contributed by atoms with Gasteiger partial charge in [-0.3, -0.25) is 4.68 Å². The zero-order valence-electron chi connectivity index (χ0n) is 14.6. The average molecular weight is 331 g/mol. The molecule has 0 aliphatic rings. The lowest BCUT2D eigenvalue weighted by molar-refractivity contribution is 0.702. The van der Waals surface area contributed by atoms with E-state index >= 15 is 0 Å². The first kappa shape index (κ1) is 15.4. The van der Waals surface area contributed by atoms with Crippen LogP contribution in [0.3, 0.4) is 0 Å². The van der Waals surface area contributed by atoms with Crippen LogP contribution in [0.5, 0.6) is 0 Å². The smallest absolute Gasteiger partial charge is 0.137 e. The summed E-state index contributed by atoms with van der Waals surface area (Å²) >= 11 is 0. The van der Waals surface area contributed by atoms with Crippen LogP contribution >= 0.6 is 0 Å². The molecule has 0 spiro atoms. The van der Waals surface area contributed by atoms with Gasteiger partial charge in [0.15, 0.2) is 0 Å². The summed E-state index contributed by atoms with van der Waals surface area (Å²) in [6.45, 7) is 4.19. The fourth-order valence-electron chi connectivity index (χ4n) is 2.93. The Bertz CT molecular complexity index is 958. The highest BCUT2D eigenvalue weighted by molar-refractivity contribution is 5.65. The molecule has 0 aliphatic carbocycles. The van der Waals surface area contributed by atoms with Gasteiger partial charge in [0.2, 0.25) is 0 Å². The number of benzene rings is 1. The molecule has 5 nitrogen and oxygen atoms in total. The molecule has 0 aliphatic heterocycles. The monoisotopic (exact) mass is 331 g/mol. The number of rotatable bonds is 4. The van der Waals surface area contributed by atoms with Crippen LogP contribution in [0.25, 0.3) is 16.9 Å². The summed E-state index contributed by atoms with van der Waals surface area (Å²) in [5.41, 5.74) is 6.32. The number of nitrogens with one attached hydrogen (secondary N) is 1. The molecule has 0 bridgehead atoms. The van der Waals surface area contributed by atoms with Gasteiger partial charge >= 0.3 is 0 Å². The van der Waals surface area contributed by atoms with Crippen molar-refractivity contribution in [3.05, 3.63) is 72.3 Å². The number of anilines is 1. The predicted octanol–water partition coefficient (Wildman–Crippen LogP) is 4.22. The SMILES string of the molecule is Cc1cc(C(C)Nc2ccc(-c3cn4ccccc4n3)cc2)nn1C. The van der Waals surface area contributed by atoms with Crippen LogP contribution in [0.1, 0.15) is 24.4 Å². The van der Waals surface area contributed by atoms with Crippen molar-refractivity contribution in [1.29, 1.82) is 0 Å². The van der Waals surface area contributed by atoms with Crippen molar-refractivity contribution in [3.63, 3.8) is 0 Å². The first-order chi connectivity index (χ1) is 12.1. The molecule has 1 N–H and O–H groups in total. The minimum atomic E-state index is 0.154. The van der Waals surface area contributed by atoms with E-state index in [0.717, 1.165) is 34.0 Å². The van der Waals surface area contributed by atoms with E-state index < -0.39 is 0 Å². The molecule has 0 fully saturated rings. The second-order valence-electron chi connectivity index (χ2n) is 6.37. The molecule has 4 rings (SSSR count). The number of aryl methyl sites for hydroxylation is 2. The molecule has 1 aromatic carbocycles. The van der Waals surface area contributed by atoms with E-state index in [4.69, 9.17) is 0 Å². The molecule has 0 saturated carbocycles. The van der Waals surface area contributed by atoms with Crippen molar-refractivity contribution >= 4 is 11.3 Å². The fourth-order valence-corrected chi connectivity index (χ4v) is 2.93. The molecule has 0 radical (unpaired) electrons. The van der Waals surface area contributed by atoms with Crippen LogP contribution < -0.4 is 5.32 Å². The number of aromatic nitrogens is 4. The lowest BCUT2D eigenvalue weighted by Gasteiger charge is -2.13. The lowest BCUT2D eigenvalue weighted by atomic mass is 10.1. The third-order valence-corrected chi connectivity index (χ3v) is 4.50. The molecule has 126 valence electrons. The van der Waals surface area contributed by atoms with E-state index in [-0.39, 0.29) is 6.04 Å². The zero-order chi connectivity index (χ0) is 17.4. The largest absolute Gasteiger partial charge is 0.377 e. The number of hydrogen-bond acceptors (Lipinski definition) is 3. The summed E-state index contributed by atoms with van der Waals surface area (Å²) in [5.74, 6) is 0. The van der Waals surface area contributed by atoms with E-state index in [1.807, 2.05) is 40.5 Å². The van der Waals surface area contributed by atoms with E-state index in [1.165, 1.54) is 0 Å². The molecular weight excluding hydrogens is 310 g/mol. The molecule has 4 aromatic rings. The molecule has 25 heavy (non-hydrogen) atoms. The van der Waals surface area contributed by atoms with Gasteiger partial charge in [-0.25, -0.2) is 4.98 Å². The highest BCUT2D eigenvalue weighted by Gasteiger charge is 2.10. The summed E-state index contributed by atoms with van der Waals surface area (Å²) in [4.78, 5) is 4.66. The van der Waals surface area contributed by atoms with Gasteiger partial charge in [-0.2, -0.15) is 5.10 Å². The summed E-state index contributed by atoms with van der Waals surface area (Å²) in [7, 11) is 1.97. The number of hydrogen-bond donors (Lipinski definition) is 1. The Hall–Kier alpha value is -3.08. The maximum absolute atomic E-state index is 4.66. The van der Waals surface area contributed by atoms with Gasteiger partial charge in [0.1, 0.15) is 5.65 Å². The lowest BCUT2D eigenvalue weighted by Crippen LogP contribution is -2.07. The second kappa shape index (κ2) is 6.09. The Morgan fingerprint density at radius 1 is 1.08 bits per heavy atom. The highest BCUT2D eigenvalue weighted by Crippen LogP contribution is 2.24. The van der Waals surface area contributed by atoms with Crippen LogP contribution in [0.15, 0.2) is 60.9 Å². The average Bonchev–Trinajstić information content (AvgIpc) is 3.19. The summed E-state index contributed by atoms with van der Waals surface area (Å²) in [5, 5.41) is 8.04. The van der Waals surface area contributed by atoms with Crippen molar-refractivity contribution in [3.8, 4) is 11.3 Å². The van der Waals surface area contributed by atoms with Crippen molar-refractivity contribution in [2.75, 3.05) is 5.32 Å². The second-order valence-corrected chi connectivity index (χ2v) is 6.37. The van der Waals surface area contributed by atoms with Crippen LogP contribution in [-0.2, 0) is 7.05 Å². The molecule has 1 atom stereocenters. The first-order valence-corrected chi connectivity index (χ1v) is 8.41. The first-order valence-electron chi connectivity index (χ1n) is 8.41. The van der Waals surface area contributed by atoms with Crippen molar-refractivity contribution < 1.29 is 0 Å².